The molecule has 3 rings (SSSR count). The molecule has 144 valence electrons. The maximum atomic E-state index is 13.0. The van der Waals surface area contributed by atoms with E-state index in [4.69, 9.17) is 9.47 Å². The van der Waals surface area contributed by atoms with Crippen LogP contribution in [0.15, 0.2) is 52.5 Å². The average Bonchev–Trinajstić information content (AvgIpc) is 3.17. The number of carboxylic acids is 1. The number of halogens is 1. The first-order chi connectivity index (χ1) is 13.5. The van der Waals surface area contributed by atoms with Gasteiger partial charge in [0.2, 0.25) is 5.16 Å². The van der Waals surface area contributed by atoms with E-state index in [1.807, 2.05) is 0 Å². The minimum atomic E-state index is -1.14. The molecule has 0 aliphatic heterocycles. The monoisotopic (exact) mass is 401 g/mol. The SMILES string of the molecule is COc1cc(OC)cc(-c2nc(S/C(=C/c3ccc(F)cc3)C(=O)O)n[nH]2)c1. The molecule has 3 aromatic rings. The lowest BCUT2D eigenvalue weighted by molar-refractivity contribution is -0.131. The molecule has 1 heterocycles. The number of carbonyl (C=O) groups is 1. The summed E-state index contributed by atoms with van der Waals surface area (Å²) in [7, 11) is 3.08. The van der Waals surface area contributed by atoms with Gasteiger partial charge in [0.05, 0.1) is 14.2 Å². The van der Waals surface area contributed by atoms with Gasteiger partial charge in [0.15, 0.2) is 5.82 Å². The van der Waals surface area contributed by atoms with Gasteiger partial charge in [-0.25, -0.2) is 14.2 Å². The molecule has 0 saturated heterocycles. The van der Waals surface area contributed by atoms with E-state index in [0.29, 0.717) is 28.5 Å². The number of carboxylic acid groups (broad SMARTS) is 1. The van der Waals surface area contributed by atoms with Crippen LogP contribution in [0.4, 0.5) is 4.39 Å². The summed E-state index contributed by atoms with van der Waals surface area (Å²) in [6.45, 7) is 0. The minimum absolute atomic E-state index is 0.000353. The fourth-order valence-electron chi connectivity index (χ4n) is 2.31. The molecular formula is C19H16FN3O4S. The van der Waals surface area contributed by atoms with Crippen molar-refractivity contribution >= 4 is 23.8 Å². The van der Waals surface area contributed by atoms with Gasteiger partial charge in [0.25, 0.3) is 0 Å². The van der Waals surface area contributed by atoms with Gasteiger partial charge < -0.3 is 14.6 Å². The fraction of sp³-hybridized carbons (Fsp3) is 0.105. The zero-order valence-electron chi connectivity index (χ0n) is 15.0. The van der Waals surface area contributed by atoms with Crippen LogP contribution in [0.5, 0.6) is 11.5 Å². The van der Waals surface area contributed by atoms with E-state index in [-0.39, 0.29) is 10.1 Å². The van der Waals surface area contributed by atoms with E-state index in [1.54, 1.807) is 32.4 Å². The average molecular weight is 401 g/mol. The topological polar surface area (TPSA) is 97.3 Å². The zero-order chi connectivity index (χ0) is 20.1. The Bertz CT molecular complexity index is 996. The van der Waals surface area contributed by atoms with Crippen molar-refractivity contribution in [3.05, 3.63) is 58.8 Å². The van der Waals surface area contributed by atoms with E-state index >= 15 is 0 Å². The van der Waals surface area contributed by atoms with Crippen molar-refractivity contribution in [2.75, 3.05) is 14.2 Å². The number of hydrogen-bond donors (Lipinski definition) is 2. The molecule has 2 N–H and O–H groups in total. The van der Waals surface area contributed by atoms with E-state index < -0.39 is 11.8 Å². The van der Waals surface area contributed by atoms with Crippen molar-refractivity contribution < 1.29 is 23.8 Å². The number of rotatable bonds is 7. The Morgan fingerprint density at radius 2 is 1.79 bits per heavy atom. The minimum Gasteiger partial charge on any atom is -0.497 e. The van der Waals surface area contributed by atoms with Gasteiger partial charge in [-0.2, -0.15) is 0 Å². The molecule has 0 saturated carbocycles. The van der Waals surface area contributed by atoms with Crippen LogP contribution in [0.1, 0.15) is 5.56 Å². The van der Waals surface area contributed by atoms with Gasteiger partial charge in [-0.15, -0.1) is 5.10 Å². The number of nitrogens with one attached hydrogen (secondary N) is 1. The number of benzene rings is 2. The lowest BCUT2D eigenvalue weighted by Crippen LogP contribution is -1.97. The number of hydrogen-bond acceptors (Lipinski definition) is 6. The Kier molecular flexibility index (Phi) is 5.95. The van der Waals surface area contributed by atoms with E-state index in [9.17, 15) is 14.3 Å². The molecule has 0 fully saturated rings. The van der Waals surface area contributed by atoms with Crippen molar-refractivity contribution in [1.82, 2.24) is 15.2 Å². The van der Waals surface area contributed by atoms with E-state index in [0.717, 1.165) is 11.8 Å². The molecule has 0 amide bonds. The molecule has 7 nitrogen and oxygen atoms in total. The van der Waals surface area contributed by atoms with Gasteiger partial charge in [0, 0.05) is 11.6 Å². The zero-order valence-corrected chi connectivity index (χ0v) is 15.8. The summed E-state index contributed by atoms with van der Waals surface area (Å²) < 4.78 is 23.5. The Morgan fingerprint density at radius 3 is 2.36 bits per heavy atom. The summed E-state index contributed by atoms with van der Waals surface area (Å²) in [5, 5.41) is 16.5. The number of thioether (sulfide) groups is 1. The van der Waals surface area contributed by atoms with Crippen LogP contribution in [-0.2, 0) is 4.79 Å². The number of methoxy groups -OCH3 is 2. The molecule has 9 heteroatoms. The van der Waals surface area contributed by atoms with E-state index in [2.05, 4.69) is 15.2 Å². The highest BCUT2D eigenvalue weighted by Gasteiger charge is 2.15. The molecule has 0 unspecified atom stereocenters. The number of aliphatic carboxylic acids is 1. The van der Waals surface area contributed by atoms with Crippen LogP contribution in [0.2, 0.25) is 0 Å². The second kappa shape index (κ2) is 8.57. The van der Waals surface area contributed by atoms with Gasteiger partial charge in [-0.1, -0.05) is 12.1 Å². The third-order valence-electron chi connectivity index (χ3n) is 3.67. The molecule has 1 aromatic heterocycles. The van der Waals surface area contributed by atoms with Crippen LogP contribution in [0.3, 0.4) is 0 Å². The summed E-state index contributed by atoms with van der Waals surface area (Å²) in [6, 6.07) is 10.7. The summed E-state index contributed by atoms with van der Waals surface area (Å²) in [4.78, 5) is 15.9. The number of H-pyrrole nitrogens is 1. The van der Waals surface area contributed by atoms with Crippen LogP contribution >= 0.6 is 11.8 Å². The number of ether oxygens (including phenoxy) is 2. The van der Waals surface area contributed by atoms with Crippen molar-refractivity contribution in [3.8, 4) is 22.9 Å². The number of aromatic amines is 1. The first-order valence-electron chi connectivity index (χ1n) is 8.02. The predicted octanol–water partition coefficient (Wildman–Crippen LogP) is 3.85. The van der Waals surface area contributed by atoms with Crippen molar-refractivity contribution in [2.24, 2.45) is 0 Å². The van der Waals surface area contributed by atoms with Crippen molar-refractivity contribution in [1.29, 1.82) is 0 Å². The molecule has 0 bridgehead atoms. The summed E-state index contributed by atoms with van der Waals surface area (Å²) in [5.41, 5.74) is 1.23. The Morgan fingerprint density at radius 1 is 1.14 bits per heavy atom. The largest absolute Gasteiger partial charge is 0.497 e. The van der Waals surface area contributed by atoms with Crippen LogP contribution in [0.25, 0.3) is 17.5 Å². The quantitative estimate of drug-likeness (QED) is 0.458. The molecule has 28 heavy (non-hydrogen) atoms. The van der Waals surface area contributed by atoms with Gasteiger partial charge in [-0.3, -0.25) is 5.10 Å². The molecule has 0 radical (unpaired) electrons. The van der Waals surface area contributed by atoms with E-state index in [1.165, 1.54) is 30.3 Å². The highest BCUT2D eigenvalue weighted by molar-refractivity contribution is 8.04. The first kappa shape index (κ1) is 19.4. The predicted molar refractivity (Wildman–Crippen MR) is 103 cm³/mol. The molecule has 0 aliphatic carbocycles. The van der Waals surface area contributed by atoms with Crippen LogP contribution < -0.4 is 9.47 Å². The second-order valence-electron chi connectivity index (χ2n) is 5.54. The summed E-state index contributed by atoms with van der Waals surface area (Å²) in [6.07, 6.45) is 1.43. The lowest BCUT2D eigenvalue weighted by atomic mass is 10.2. The Labute approximate surface area is 164 Å². The van der Waals surface area contributed by atoms with Gasteiger partial charge >= 0.3 is 5.97 Å². The van der Waals surface area contributed by atoms with Crippen molar-refractivity contribution in [3.63, 3.8) is 0 Å². The summed E-state index contributed by atoms with van der Waals surface area (Å²) in [5.74, 6) is 0.0775. The molecule has 0 atom stereocenters. The van der Waals surface area contributed by atoms with Crippen LogP contribution in [0, 0.1) is 5.82 Å². The maximum Gasteiger partial charge on any atom is 0.342 e. The van der Waals surface area contributed by atoms with Gasteiger partial charge in [-0.05, 0) is 47.7 Å². The molecule has 2 aromatic carbocycles. The van der Waals surface area contributed by atoms with Crippen molar-refractivity contribution in [2.45, 2.75) is 5.16 Å². The smallest absolute Gasteiger partial charge is 0.342 e. The highest BCUT2D eigenvalue weighted by Crippen LogP contribution is 2.31. The number of nitrogens with zero attached hydrogens (tertiary/aromatic N) is 2. The molecular weight excluding hydrogens is 385 g/mol. The molecule has 0 aliphatic rings. The molecule has 0 spiro atoms. The Hall–Kier alpha value is -3.33. The fourth-order valence-corrected chi connectivity index (χ4v) is 3.02. The highest BCUT2D eigenvalue weighted by atomic mass is 32.2. The third kappa shape index (κ3) is 4.68. The second-order valence-corrected chi connectivity index (χ2v) is 6.54. The first-order valence-corrected chi connectivity index (χ1v) is 8.84. The Balaban J connectivity index is 1.86. The lowest BCUT2D eigenvalue weighted by Gasteiger charge is -2.06. The van der Waals surface area contributed by atoms with Crippen LogP contribution in [-0.4, -0.2) is 40.5 Å². The third-order valence-corrected chi connectivity index (χ3v) is 4.55. The normalized spacial score (nSPS) is 11.3. The number of aromatic nitrogens is 3. The summed E-state index contributed by atoms with van der Waals surface area (Å²) >= 11 is 0.883. The van der Waals surface area contributed by atoms with Gasteiger partial charge in [0.1, 0.15) is 22.2 Å². The standard InChI is InChI=1S/C19H16FN3O4S/c1-26-14-8-12(9-15(10-14)27-2)17-21-19(23-22-17)28-16(18(24)25)7-11-3-5-13(20)6-4-11/h3-10H,1-2H3,(H,24,25)(H,21,22,23)/b16-7+. The maximum absolute atomic E-state index is 13.0.